The van der Waals surface area contributed by atoms with Crippen molar-refractivity contribution in [2.24, 2.45) is 0 Å². The summed E-state index contributed by atoms with van der Waals surface area (Å²) in [6, 6.07) is 11.7. The third kappa shape index (κ3) is 3.00. The van der Waals surface area contributed by atoms with Gasteiger partial charge in [0.2, 0.25) is 0 Å². The molecule has 1 N–H and O–H groups in total. The van der Waals surface area contributed by atoms with Crippen LogP contribution in [-0.4, -0.2) is 10.8 Å². The largest absolute Gasteiger partial charge is 0.322 e. The van der Waals surface area contributed by atoms with Gasteiger partial charge in [-0.05, 0) is 38.1 Å². The van der Waals surface area contributed by atoms with E-state index in [1.807, 2.05) is 31.2 Å². The number of benzene rings is 2. The highest BCUT2D eigenvalue weighted by Crippen LogP contribution is 2.19. The van der Waals surface area contributed by atoms with E-state index < -0.39 is 4.92 Å². The zero-order chi connectivity index (χ0) is 14.7. The summed E-state index contributed by atoms with van der Waals surface area (Å²) in [6.45, 7) is 3.58. The molecule has 0 heterocycles. The maximum atomic E-state index is 12.1. The maximum absolute atomic E-state index is 12.1. The SMILES string of the molecule is Cc1ccc(NC(=O)c2ccc([N+](=O)[O-])c(C)c2)cc1. The van der Waals surface area contributed by atoms with E-state index in [1.54, 1.807) is 6.92 Å². The molecular weight excluding hydrogens is 256 g/mol. The first-order valence-electron chi connectivity index (χ1n) is 6.10. The summed E-state index contributed by atoms with van der Waals surface area (Å²) < 4.78 is 0. The summed E-state index contributed by atoms with van der Waals surface area (Å²) in [5.41, 5.74) is 2.67. The van der Waals surface area contributed by atoms with Crippen molar-refractivity contribution in [1.29, 1.82) is 0 Å². The summed E-state index contributed by atoms with van der Waals surface area (Å²) in [6.07, 6.45) is 0. The molecule has 0 saturated heterocycles. The van der Waals surface area contributed by atoms with Crippen molar-refractivity contribution >= 4 is 17.3 Å². The van der Waals surface area contributed by atoms with E-state index >= 15 is 0 Å². The zero-order valence-electron chi connectivity index (χ0n) is 11.2. The van der Waals surface area contributed by atoms with Crippen LogP contribution in [0.15, 0.2) is 42.5 Å². The third-order valence-corrected chi connectivity index (χ3v) is 2.97. The number of aryl methyl sites for hydroxylation is 2. The van der Waals surface area contributed by atoms with Gasteiger partial charge < -0.3 is 5.32 Å². The number of amides is 1. The minimum Gasteiger partial charge on any atom is -0.322 e. The first kappa shape index (κ1) is 13.7. The summed E-state index contributed by atoms with van der Waals surface area (Å²) in [7, 11) is 0. The number of nitro groups is 1. The molecule has 20 heavy (non-hydrogen) atoms. The average Bonchev–Trinajstić information content (AvgIpc) is 2.40. The molecule has 2 rings (SSSR count). The second kappa shape index (κ2) is 5.52. The highest BCUT2D eigenvalue weighted by Gasteiger charge is 2.13. The Morgan fingerprint density at radius 3 is 2.30 bits per heavy atom. The number of hydrogen-bond acceptors (Lipinski definition) is 3. The molecule has 5 heteroatoms. The molecule has 0 bridgehead atoms. The molecule has 0 aromatic heterocycles. The zero-order valence-corrected chi connectivity index (χ0v) is 11.2. The third-order valence-electron chi connectivity index (χ3n) is 2.97. The van der Waals surface area contributed by atoms with Crippen LogP contribution in [0.25, 0.3) is 0 Å². The second-order valence-corrected chi connectivity index (χ2v) is 4.58. The van der Waals surface area contributed by atoms with Crippen LogP contribution in [0.1, 0.15) is 21.5 Å². The standard InChI is InChI=1S/C15H14N2O3/c1-10-3-6-13(7-4-10)16-15(18)12-5-8-14(17(19)20)11(2)9-12/h3-9H,1-2H3,(H,16,18). The lowest BCUT2D eigenvalue weighted by molar-refractivity contribution is -0.385. The number of nitrogens with one attached hydrogen (secondary N) is 1. The molecule has 0 unspecified atom stereocenters. The summed E-state index contributed by atoms with van der Waals surface area (Å²) in [5.74, 6) is -0.285. The molecule has 5 nitrogen and oxygen atoms in total. The molecule has 0 aliphatic rings. The minimum absolute atomic E-state index is 0.0110. The molecule has 0 atom stereocenters. The van der Waals surface area contributed by atoms with Crippen molar-refractivity contribution in [1.82, 2.24) is 0 Å². The van der Waals surface area contributed by atoms with E-state index in [9.17, 15) is 14.9 Å². The molecule has 0 aliphatic carbocycles. The maximum Gasteiger partial charge on any atom is 0.272 e. The summed E-state index contributed by atoms with van der Waals surface area (Å²) in [5, 5.41) is 13.5. The molecule has 0 saturated carbocycles. The van der Waals surface area contributed by atoms with E-state index in [0.717, 1.165) is 5.56 Å². The topological polar surface area (TPSA) is 72.2 Å². The quantitative estimate of drug-likeness (QED) is 0.685. The van der Waals surface area contributed by atoms with Crippen LogP contribution in [0.5, 0.6) is 0 Å². The van der Waals surface area contributed by atoms with Crippen molar-refractivity contribution in [3.63, 3.8) is 0 Å². The lowest BCUT2D eigenvalue weighted by Crippen LogP contribution is -2.12. The number of carbonyl (C=O) groups excluding carboxylic acids is 1. The van der Waals surface area contributed by atoms with Gasteiger partial charge in [0, 0.05) is 22.9 Å². The van der Waals surface area contributed by atoms with Gasteiger partial charge in [-0.2, -0.15) is 0 Å². The van der Waals surface area contributed by atoms with Crippen molar-refractivity contribution in [2.75, 3.05) is 5.32 Å². The second-order valence-electron chi connectivity index (χ2n) is 4.58. The van der Waals surface area contributed by atoms with Gasteiger partial charge >= 0.3 is 0 Å². The normalized spacial score (nSPS) is 10.1. The van der Waals surface area contributed by atoms with Gasteiger partial charge in [0.25, 0.3) is 11.6 Å². The fraction of sp³-hybridized carbons (Fsp3) is 0.133. The Morgan fingerprint density at radius 1 is 1.10 bits per heavy atom. The fourth-order valence-corrected chi connectivity index (χ4v) is 1.84. The van der Waals surface area contributed by atoms with Crippen molar-refractivity contribution in [3.8, 4) is 0 Å². The lowest BCUT2D eigenvalue weighted by Gasteiger charge is -2.06. The van der Waals surface area contributed by atoms with Crippen LogP contribution in [0.3, 0.4) is 0 Å². The molecule has 0 fully saturated rings. The van der Waals surface area contributed by atoms with E-state index in [0.29, 0.717) is 16.8 Å². The van der Waals surface area contributed by atoms with Gasteiger partial charge in [-0.3, -0.25) is 14.9 Å². The predicted octanol–water partition coefficient (Wildman–Crippen LogP) is 3.46. The Morgan fingerprint density at radius 2 is 1.75 bits per heavy atom. The summed E-state index contributed by atoms with van der Waals surface area (Å²) >= 11 is 0. The molecule has 2 aromatic carbocycles. The average molecular weight is 270 g/mol. The van der Waals surface area contributed by atoms with E-state index in [4.69, 9.17) is 0 Å². The number of hydrogen-bond donors (Lipinski definition) is 1. The monoisotopic (exact) mass is 270 g/mol. The summed E-state index contributed by atoms with van der Waals surface area (Å²) in [4.78, 5) is 22.3. The van der Waals surface area contributed by atoms with Crippen molar-refractivity contribution < 1.29 is 9.72 Å². The highest BCUT2D eigenvalue weighted by molar-refractivity contribution is 6.04. The molecule has 0 aliphatic heterocycles. The first-order valence-corrected chi connectivity index (χ1v) is 6.10. The van der Waals surface area contributed by atoms with Gasteiger partial charge in [0.15, 0.2) is 0 Å². The van der Waals surface area contributed by atoms with Gasteiger partial charge in [0.1, 0.15) is 0 Å². The number of rotatable bonds is 3. The Hall–Kier alpha value is -2.69. The van der Waals surface area contributed by atoms with E-state index in [2.05, 4.69) is 5.32 Å². The number of nitrogens with zero attached hydrogens (tertiary/aromatic N) is 1. The van der Waals surface area contributed by atoms with Gasteiger partial charge in [-0.25, -0.2) is 0 Å². The molecule has 0 radical (unpaired) electrons. The highest BCUT2D eigenvalue weighted by atomic mass is 16.6. The Balaban J connectivity index is 2.19. The van der Waals surface area contributed by atoms with Crippen LogP contribution < -0.4 is 5.32 Å². The van der Waals surface area contributed by atoms with Crippen molar-refractivity contribution in [3.05, 3.63) is 69.3 Å². The van der Waals surface area contributed by atoms with E-state index in [-0.39, 0.29) is 11.6 Å². The van der Waals surface area contributed by atoms with Crippen LogP contribution in [0.2, 0.25) is 0 Å². The fourth-order valence-electron chi connectivity index (χ4n) is 1.84. The number of carbonyl (C=O) groups is 1. The van der Waals surface area contributed by atoms with Crippen LogP contribution >= 0.6 is 0 Å². The molecule has 2 aromatic rings. The molecule has 1 amide bonds. The van der Waals surface area contributed by atoms with Crippen molar-refractivity contribution in [2.45, 2.75) is 13.8 Å². The number of nitro benzene ring substituents is 1. The van der Waals surface area contributed by atoms with Crippen LogP contribution in [0, 0.1) is 24.0 Å². The molecular formula is C15H14N2O3. The van der Waals surface area contributed by atoms with Gasteiger partial charge in [0.05, 0.1) is 4.92 Å². The first-order chi connectivity index (χ1) is 9.47. The predicted molar refractivity (Wildman–Crippen MR) is 77.0 cm³/mol. The van der Waals surface area contributed by atoms with Crippen LogP contribution in [0.4, 0.5) is 11.4 Å². The Bertz CT molecular complexity index is 663. The smallest absolute Gasteiger partial charge is 0.272 e. The Kier molecular flexibility index (Phi) is 3.79. The Labute approximate surface area is 116 Å². The minimum atomic E-state index is -0.461. The number of anilines is 1. The molecule has 102 valence electrons. The lowest BCUT2D eigenvalue weighted by atomic mass is 10.1. The van der Waals surface area contributed by atoms with Gasteiger partial charge in [-0.15, -0.1) is 0 Å². The van der Waals surface area contributed by atoms with Crippen LogP contribution in [-0.2, 0) is 0 Å². The molecule has 0 spiro atoms. The van der Waals surface area contributed by atoms with E-state index in [1.165, 1.54) is 18.2 Å². The van der Waals surface area contributed by atoms with Gasteiger partial charge in [-0.1, -0.05) is 17.7 Å².